The van der Waals surface area contributed by atoms with E-state index in [1.54, 1.807) is 0 Å². The number of nitriles is 1. The fraction of sp³-hybridized carbons (Fsp3) is 0.214. The molecule has 0 radical (unpaired) electrons. The van der Waals surface area contributed by atoms with Crippen LogP contribution < -0.4 is 10.2 Å². The summed E-state index contributed by atoms with van der Waals surface area (Å²) in [7, 11) is 1.94. The molecule has 0 saturated heterocycles. The molecule has 0 aliphatic rings. The summed E-state index contributed by atoms with van der Waals surface area (Å²) in [4.78, 5) is 10.6. The maximum atomic E-state index is 8.61. The van der Waals surface area contributed by atoms with Crippen molar-refractivity contribution in [3.8, 4) is 6.07 Å². The van der Waals surface area contributed by atoms with Crippen LogP contribution >= 0.6 is 15.9 Å². The van der Waals surface area contributed by atoms with Crippen LogP contribution in [-0.2, 0) is 0 Å². The molecule has 0 unspecified atom stereocenters. The van der Waals surface area contributed by atoms with Crippen LogP contribution in [0.1, 0.15) is 5.82 Å². The Morgan fingerprint density at radius 1 is 1.30 bits per heavy atom. The number of halogens is 1. The largest absolute Gasteiger partial charge is 0.357 e. The molecule has 0 aliphatic carbocycles. The first-order chi connectivity index (χ1) is 9.60. The lowest BCUT2D eigenvalue weighted by Gasteiger charge is -2.19. The van der Waals surface area contributed by atoms with Crippen molar-refractivity contribution in [3.63, 3.8) is 0 Å². The molecule has 0 atom stereocenters. The van der Waals surface area contributed by atoms with Crippen LogP contribution in [0.5, 0.6) is 0 Å². The Hall–Kier alpha value is -2.13. The molecule has 0 bridgehead atoms. The fourth-order valence-electron chi connectivity index (χ4n) is 1.74. The summed E-state index contributed by atoms with van der Waals surface area (Å²) in [5.41, 5.74) is 1.03. The van der Waals surface area contributed by atoms with Crippen LogP contribution in [0.2, 0.25) is 0 Å². The maximum absolute atomic E-state index is 8.61. The van der Waals surface area contributed by atoms with Gasteiger partial charge in [-0.1, -0.05) is 15.9 Å². The third-order valence-corrected chi connectivity index (χ3v) is 3.26. The number of hydrogen-bond donors (Lipinski definition) is 1. The summed E-state index contributed by atoms with van der Waals surface area (Å²) in [5.74, 6) is 2.09. The molecule has 2 aromatic rings. The Labute approximate surface area is 126 Å². The van der Waals surface area contributed by atoms with Gasteiger partial charge in [-0.2, -0.15) is 5.26 Å². The number of anilines is 3. The monoisotopic (exact) mass is 331 g/mol. The third kappa shape index (κ3) is 3.45. The molecular weight excluding hydrogens is 318 g/mol. The van der Waals surface area contributed by atoms with Crippen LogP contribution in [0.25, 0.3) is 0 Å². The lowest BCUT2D eigenvalue weighted by molar-refractivity contribution is 1.01. The zero-order valence-corrected chi connectivity index (χ0v) is 12.8. The second-order valence-electron chi connectivity index (χ2n) is 4.21. The minimum atomic E-state index is 0.220. The van der Waals surface area contributed by atoms with Crippen molar-refractivity contribution in [2.45, 2.75) is 6.92 Å². The summed E-state index contributed by atoms with van der Waals surface area (Å²) < 4.78 is 1.03. The van der Waals surface area contributed by atoms with Crippen LogP contribution in [0, 0.1) is 18.3 Å². The molecule has 6 heteroatoms. The quantitative estimate of drug-likeness (QED) is 0.871. The number of aromatic nitrogens is 2. The standard InChI is InChI=1S/C14H14BrN5/c1-10-18-13(17-8-7-16)9-14(19-10)20(2)12-5-3-11(15)4-6-12/h3-6,9H,8H2,1-2H3,(H,17,18,19). The first-order valence-electron chi connectivity index (χ1n) is 6.06. The summed E-state index contributed by atoms with van der Waals surface area (Å²) in [6.07, 6.45) is 0. The molecule has 1 aromatic carbocycles. The van der Waals surface area contributed by atoms with Gasteiger partial charge in [-0.15, -0.1) is 0 Å². The van der Waals surface area contributed by atoms with Gasteiger partial charge in [0.2, 0.25) is 0 Å². The highest BCUT2D eigenvalue weighted by molar-refractivity contribution is 9.10. The van der Waals surface area contributed by atoms with Crippen molar-refractivity contribution in [3.05, 3.63) is 40.6 Å². The molecule has 0 spiro atoms. The highest BCUT2D eigenvalue weighted by atomic mass is 79.9. The molecule has 20 heavy (non-hydrogen) atoms. The van der Waals surface area contributed by atoms with Crippen LogP contribution in [0.3, 0.4) is 0 Å². The molecule has 0 amide bonds. The van der Waals surface area contributed by atoms with Gasteiger partial charge in [0.05, 0.1) is 6.07 Å². The number of rotatable bonds is 4. The zero-order chi connectivity index (χ0) is 14.5. The van der Waals surface area contributed by atoms with E-state index in [1.807, 2.05) is 55.3 Å². The first kappa shape index (κ1) is 14.3. The Balaban J connectivity index is 2.29. The van der Waals surface area contributed by atoms with Crippen LogP contribution in [0.4, 0.5) is 17.3 Å². The van der Waals surface area contributed by atoms with E-state index in [9.17, 15) is 0 Å². The van der Waals surface area contributed by atoms with Crippen LogP contribution in [-0.4, -0.2) is 23.6 Å². The van der Waals surface area contributed by atoms with E-state index < -0.39 is 0 Å². The Bertz CT molecular complexity index is 633. The minimum Gasteiger partial charge on any atom is -0.357 e. The van der Waals surface area contributed by atoms with E-state index in [0.29, 0.717) is 11.6 Å². The van der Waals surface area contributed by atoms with Crippen molar-refractivity contribution < 1.29 is 0 Å². The van der Waals surface area contributed by atoms with Gasteiger partial charge >= 0.3 is 0 Å². The predicted molar refractivity (Wildman–Crippen MR) is 83.1 cm³/mol. The number of benzene rings is 1. The van der Waals surface area contributed by atoms with E-state index in [2.05, 4.69) is 31.2 Å². The predicted octanol–water partition coefficient (Wildman–Crippen LogP) is 3.25. The van der Waals surface area contributed by atoms with Gasteiger partial charge in [0.1, 0.15) is 24.0 Å². The Morgan fingerprint density at radius 2 is 2.00 bits per heavy atom. The van der Waals surface area contributed by atoms with E-state index in [0.717, 1.165) is 16.0 Å². The second kappa shape index (κ2) is 6.35. The lowest BCUT2D eigenvalue weighted by Crippen LogP contribution is -2.13. The van der Waals surface area contributed by atoms with Gasteiger partial charge in [-0.25, -0.2) is 9.97 Å². The van der Waals surface area contributed by atoms with Crippen molar-refractivity contribution in [1.29, 1.82) is 5.26 Å². The van der Waals surface area contributed by atoms with Gasteiger partial charge < -0.3 is 10.2 Å². The molecule has 1 aromatic heterocycles. The molecular formula is C14H14BrN5. The highest BCUT2D eigenvalue weighted by Crippen LogP contribution is 2.25. The minimum absolute atomic E-state index is 0.220. The average molecular weight is 332 g/mol. The Morgan fingerprint density at radius 3 is 2.65 bits per heavy atom. The molecule has 0 aliphatic heterocycles. The van der Waals surface area contributed by atoms with Gasteiger partial charge in [0.15, 0.2) is 0 Å². The highest BCUT2D eigenvalue weighted by Gasteiger charge is 2.08. The SMILES string of the molecule is Cc1nc(NCC#N)cc(N(C)c2ccc(Br)cc2)n1. The number of nitrogens with zero attached hydrogens (tertiary/aromatic N) is 4. The van der Waals surface area contributed by atoms with E-state index in [4.69, 9.17) is 5.26 Å². The molecule has 1 heterocycles. The smallest absolute Gasteiger partial charge is 0.138 e. The summed E-state index contributed by atoms with van der Waals surface area (Å²) in [6.45, 7) is 2.05. The van der Waals surface area contributed by atoms with Gasteiger partial charge in [-0.3, -0.25) is 0 Å². The fourth-order valence-corrected chi connectivity index (χ4v) is 2.01. The van der Waals surface area contributed by atoms with Crippen LogP contribution in [0.15, 0.2) is 34.8 Å². The molecule has 5 nitrogen and oxygen atoms in total. The topological polar surface area (TPSA) is 64.8 Å². The Kier molecular flexibility index (Phi) is 4.53. The molecule has 1 N–H and O–H groups in total. The average Bonchev–Trinajstić information content (AvgIpc) is 2.44. The summed E-state index contributed by atoms with van der Waals surface area (Å²) >= 11 is 3.42. The van der Waals surface area contributed by atoms with Gasteiger partial charge in [0.25, 0.3) is 0 Å². The van der Waals surface area contributed by atoms with E-state index in [-0.39, 0.29) is 6.54 Å². The number of hydrogen-bond acceptors (Lipinski definition) is 5. The van der Waals surface area contributed by atoms with E-state index >= 15 is 0 Å². The lowest BCUT2D eigenvalue weighted by atomic mass is 10.3. The van der Waals surface area contributed by atoms with Gasteiger partial charge in [-0.05, 0) is 31.2 Å². The van der Waals surface area contributed by atoms with Crippen molar-refractivity contribution in [2.75, 3.05) is 23.8 Å². The number of aryl methyl sites for hydroxylation is 1. The summed E-state index contributed by atoms with van der Waals surface area (Å²) in [5, 5.41) is 11.6. The van der Waals surface area contributed by atoms with Crippen molar-refractivity contribution >= 4 is 33.3 Å². The van der Waals surface area contributed by atoms with Crippen molar-refractivity contribution in [1.82, 2.24) is 9.97 Å². The van der Waals surface area contributed by atoms with Gasteiger partial charge in [0, 0.05) is 23.3 Å². The zero-order valence-electron chi connectivity index (χ0n) is 11.3. The summed E-state index contributed by atoms with van der Waals surface area (Å²) in [6, 6.07) is 11.8. The molecule has 2 rings (SSSR count). The molecule has 0 fully saturated rings. The third-order valence-electron chi connectivity index (χ3n) is 2.73. The molecule has 102 valence electrons. The second-order valence-corrected chi connectivity index (χ2v) is 5.12. The van der Waals surface area contributed by atoms with E-state index in [1.165, 1.54) is 0 Å². The normalized spacial score (nSPS) is 9.90. The first-order valence-corrected chi connectivity index (χ1v) is 6.85. The molecule has 0 saturated carbocycles. The van der Waals surface area contributed by atoms with Crippen molar-refractivity contribution in [2.24, 2.45) is 0 Å². The maximum Gasteiger partial charge on any atom is 0.138 e. The number of nitrogens with one attached hydrogen (secondary N) is 1.